The van der Waals surface area contributed by atoms with E-state index in [1.807, 2.05) is 0 Å². The van der Waals surface area contributed by atoms with Crippen molar-refractivity contribution in [2.75, 3.05) is 0 Å². The minimum absolute atomic E-state index is 0.192. The molecule has 2 aromatic rings. The van der Waals surface area contributed by atoms with Gasteiger partial charge in [0.15, 0.2) is 0 Å². The van der Waals surface area contributed by atoms with Gasteiger partial charge in [-0.2, -0.15) is 4.57 Å². The third-order valence-electron chi connectivity index (χ3n) is 3.91. The van der Waals surface area contributed by atoms with Gasteiger partial charge < -0.3 is 4.79 Å². The van der Waals surface area contributed by atoms with Gasteiger partial charge in [0.25, 0.3) is 11.5 Å². The molecule has 1 aliphatic carbocycles. The van der Waals surface area contributed by atoms with Crippen LogP contribution in [0.5, 0.6) is 0 Å². The summed E-state index contributed by atoms with van der Waals surface area (Å²) >= 11 is 0. The second-order valence-corrected chi connectivity index (χ2v) is 5.55. The van der Waals surface area contributed by atoms with E-state index in [0.717, 1.165) is 6.29 Å². The van der Waals surface area contributed by atoms with Crippen LogP contribution < -0.4 is 11.2 Å². The van der Waals surface area contributed by atoms with Gasteiger partial charge in [-0.3, -0.25) is 14.2 Å². The Bertz CT molecular complexity index is 844. The van der Waals surface area contributed by atoms with Crippen LogP contribution in [0.15, 0.2) is 52.2 Å². The molecule has 1 saturated carbocycles. The van der Waals surface area contributed by atoms with Gasteiger partial charge in [-0.1, -0.05) is 18.2 Å². The first-order chi connectivity index (χ1) is 10.6. The molecule has 0 unspecified atom stereocenters. The van der Waals surface area contributed by atoms with Gasteiger partial charge in [0.1, 0.15) is 6.29 Å². The molecule has 0 saturated heterocycles. The predicted molar refractivity (Wildman–Crippen MR) is 78.9 cm³/mol. The molecule has 112 valence electrons. The summed E-state index contributed by atoms with van der Waals surface area (Å²) in [5, 5.41) is 0. The smallest absolute Gasteiger partial charge is 0.303 e. The number of rotatable bonds is 4. The molecule has 22 heavy (non-hydrogen) atoms. The van der Waals surface area contributed by atoms with E-state index >= 15 is 0 Å². The van der Waals surface area contributed by atoms with Crippen LogP contribution in [0.25, 0.3) is 0 Å². The third-order valence-corrected chi connectivity index (χ3v) is 3.91. The summed E-state index contributed by atoms with van der Waals surface area (Å²) in [7, 11) is 0. The molecule has 0 atom stereocenters. The van der Waals surface area contributed by atoms with Crippen molar-refractivity contribution in [1.29, 1.82) is 0 Å². The van der Waals surface area contributed by atoms with Crippen LogP contribution in [0.3, 0.4) is 0 Å². The van der Waals surface area contributed by atoms with Crippen LogP contribution in [0.1, 0.15) is 23.2 Å². The van der Waals surface area contributed by atoms with Crippen LogP contribution in [0, 0.1) is 5.41 Å². The molecule has 1 aliphatic rings. The third kappa shape index (κ3) is 2.43. The van der Waals surface area contributed by atoms with Crippen LogP contribution in [0.2, 0.25) is 0 Å². The number of hydrogen-bond acceptors (Lipinski definition) is 4. The number of nitrogens with zero attached hydrogens (tertiary/aromatic N) is 2. The average Bonchev–Trinajstić information content (AvgIpc) is 3.31. The number of benzene rings is 1. The first-order valence-electron chi connectivity index (χ1n) is 6.95. The van der Waals surface area contributed by atoms with E-state index in [9.17, 15) is 19.2 Å². The molecule has 6 heteroatoms. The van der Waals surface area contributed by atoms with E-state index in [0.29, 0.717) is 17.4 Å². The Kier molecular flexibility index (Phi) is 3.36. The zero-order valence-corrected chi connectivity index (χ0v) is 11.8. The summed E-state index contributed by atoms with van der Waals surface area (Å²) in [4.78, 5) is 47.8. The maximum absolute atomic E-state index is 12.4. The Hall–Kier alpha value is -2.76. The Morgan fingerprint density at radius 1 is 1.14 bits per heavy atom. The lowest BCUT2D eigenvalue weighted by Gasteiger charge is -2.12. The first-order valence-corrected chi connectivity index (χ1v) is 6.95. The lowest BCUT2D eigenvalue weighted by atomic mass is 10.1. The Balaban J connectivity index is 2.05. The van der Waals surface area contributed by atoms with Gasteiger partial charge in [-0.05, 0) is 25.0 Å². The highest BCUT2D eigenvalue weighted by atomic mass is 16.2. The summed E-state index contributed by atoms with van der Waals surface area (Å²) in [6.45, 7) is 0.192. The molecule has 1 aromatic heterocycles. The van der Waals surface area contributed by atoms with Gasteiger partial charge in [0.2, 0.25) is 0 Å². The molecule has 0 N–H and O–H groups in total. The standard InChI is InChI=1S/C16H14N2O4/c19-11-16(7-8-16)10-17-9-6-13(20)18(15(17)22)14(21)12-4-2-1-3-5-12/h1-6,9,11H,7-8,10H2. The van der Waals surface area contributed by atoms with Crippen molar-refractivity contribution in [2.24, 2.45) is 5.41 Å². The average molecular weight is 298 g/mol. The van der Waals surface area contributed by atoms with Crippen LogP contribution in [0.4, 0.5) is 0 Å². The summed E-state index contributed by atoms with van der Waals surface area (Å²) in [6, 6.07) is 9.31. The van der Waals surface area contributed by atoms with Crippen molar-refractivity contribution >= 4 is 12.2 Å². The zero-order valence-electron chi connectivity index (χ0n) is 11.8. The zero-order chi connectivity index (χ0) is 15.7. The fourth-order valence-corrected chi connectivity index (χ4v) is 2.34. The summed E-state index contributed by atoms with van der Waals surface area (Å²) in [6.07, 6.45) is 3.61. The Morgan fingerprint density at radius 3 is 2.41 bits per heavy atom. The predicted octanol–water partition coefficient (Wildman–Crippen LogP) is 0.678. The molecule has 1 fully saturated rings. The van der Waals surface area contributed by atoms with E-state index in [1.54, 1.807) is 30.3 Å². The van der Waals surface area contributed by atoms with Crippen molar-refractivity contribution in [1.82, 2.24) is 9.13 Å². The van der Waals surface area contributed by atoms with Crippen molar-refractivity contribution < 1.29 is 9.59 Å². The molecular formula is C16H14N2O4. The second kappa shape index (κ2) is 5.22. The molecule has 0 radical (unpaired) electrons. The summed E-state index contributed by atoms with van der Waals surface area (Å²) < 4.78 is 1.86. The number of aromatic nitrogens is 2. The topological polar surface area (TPSA) is 78.1 Å². The highest BCUT2D eigenvalue weighted by Gasteiger charge is 2.43. The van der Waals surface area contributed by atoms with Gasteiger partial charge in [-0.25, -0.2) is 4.79 Å². The maximum atomic E-state index is 12.4. The summed E-state index contributed by atoms with van der Waals surface area (Å²) in [5.41, 5.74) is -1.65. The number of carbonyl (C=O) groups excluding carboxylic acids is 2. The number of aldehydes is 1. The summed E-state index contributed by atoms with van der Waals surface area (Å²) in [5.74, 6) is -0.666. The van der Waals surface area contributed by atoms with Crippen LogP contribution >= 0.6 is 0 Å². The molecule has 1 heterocycles. The molecular weight excluding hydrogens is 284 g/mol. The molecule has 0 amide bonds. The Morgan fingerprint density at radius 2 is 1.82 bits per heavy atom. The second-order valence-electron chi connectivity index (χ2n) is 5.55. The van der Waals surface area contributed by atoms with Crippen molar-refractivity contribution in [3.8, 4) is 0 Å². The lowest BCUT2D eigenvalue weighted by molar-refractivity contribution is -0.112. The van der Waals surface area contributed by atoms with Crippen LogP contribution in [-0.2, 0) is 11.3 Å². The van der Waals surface area contributed by atoms with Crippen LogP contribution in [-0.4, -0.2) is 21.3 Å². The minimum atomic E-state index is -0.713. The molecule has 6 nitrogen and oxygen atoms in total. The Labute approximate surface area is 125 Å². The minimum Gasteiger partial charge on any atom is -0.303 e. The monoisotopic (exact) mass is 298 g/mol. The highest BCUT2D eigenvalue weighted by molar-refractivity contribution is 5.95. The maximum Gasteiger partial charge on any atom is 0.338 e. The normalized spacial score (nSPS) is 15.3. The largest absolute Gasteiger partial charge is 0.338 e. The van der Waals surface area contributed by atoms with E-state index in [2.05, 4.69) is 0 Å². The van der Waals surface area contributed by atoms with E-state index in [4.69, 9.17) is 0 Å². The van der Waals surface area contributed by atoms with Gasteiger partial charge in [0, 0.05) is 29.8 Å². The molecule has 3 rings (SSSR count). The lowest BCUT2D eigenvalue weighted by Crippen LogP contribution is -2.44. The molecule has 1 aromatic carbocycles. The fourth-order valence-electron chi connectivity index (χ4n) is 2.34. The van der Waals surface area contributed by atoms with Crippen molar-refractivity contribution in [2.45, 2.75) is 19.4 Å². The van der Waals surface area contributed by atoms with Crippen molar-refractivity contribution in [3.05, 3.63) is 69.0 Å². The SMILES string of the molecule is O=CC1(Cn2ccc(=O)n(C(=O)c3ccccc3)c2=O)CC1. The molecule has 0 bridgehead atoms. The van der Waals surface area contributed by atoms with E-state index in [1.165, 1.54) is 16.8 Å². The van der Waals surface area contributed by atoms with Gasteiger partial charge in [0.05, 0.1) is 0 Å². The van der Waals surface area contributed by atoms with Crippen molar-refractivity contribution in [3.63, 3.8) is 0 Å². The molecule has 0 aliphatic heterocycles. The van der Waals surface area contributed by atoms with Gasteiger partial charge >= 0.3 is 5.69 Å². The number of carbonyl (C=O) groups is 2. The quantitative estimate of drug-likeness (QED) is 0.778. The first kappa shape index (κ1) is 14.2. The fraction of sp³-hybridized carbons (Fsp3) is 0.250. The van der Waals surface area contributed by atoms with E-state index < -0.39 is 22.6 Å². The highest BCUT2D eigenvalue weighted by Crippen LogP contribution is 2.44. The molecule has 0 spiro atoms. The van der Waals surface area contributed by atoms with Gasteiger partial charge in [-0.15, -0.1) is 0 Å². The number of hydrogen-bond donors (Lipinski definition) is 0. The van der Waals surface area contributed by atoms with E-state index in [-0.39, 0.29) is 12.1 Å².